The van der Waals surface area contributed by atoms with Crippen LogP contribution in [0.15, 0.2) is 49.1 Å². The minimum Gasteiger partial charge on any atom is -0.480 e. The number of halogens is 4. The van der Waals surface area contributed by atoms with Gasteiger partial charge in [-0.05, 0) is 35.4 Å². The van der Waals surface area contributed by atoms with Gasteiger partial charge >= 0.3 is 5.97 Å². The number of carbonyl (C=O) groups excluding carboxylic acids is 3. The summed E-state index contributed by atoms with van der Waals surface area (Å²) in [5, 5.41) is 32.8. The van der Waals surface area contributed by atoms with Crippen LogP contribution in [0, 0.1) is 11.6 Å². The number of amides is 2. The van der Waals surface area contributed by atoms with Gasteiger partial charge in [0.05, 0.1) is 16.6 Å². The molecule has 0 radical (unpaired) electrons. The number of aromatic amines is 2. The van der Waals surface area contributed by atoms with Gasteiger partial charge in [0, 0.05) is 19.5 Å². The Morgan fingerprint density at radius 1 is 0.717 bits per heavy atom. The Bertz CT molecular complexity index is 2320. The lowest BCUT2D eigenvalue weighted by molar-refractivity contribution is -0.135. The van der Waals surface area contributed by atoms with Crippen molar-refractivity contribution in [2.24, 2.45) is 0 Å². The standard InChI is InChI=1S/C17H16ClFN6O2.C15H12ClFN6O3/c1-2-10(26)7-20-16-14-13(24-25-16)15(23-8-22-14)17(27)21-6-9-3-4-12(19)11(18)5-9;16-8-3-7(1-2-9(8)17)4-19-15(26)13-11-12(20-6-21-13)14(23-22-11)18-5-10(24)25/h3-5,8H,2,6-7H2,1H3,(H,21,27)(H2,20,24,25);1-3,6H,4-5H2,(H,19,26)(H,24,25)(H2,18,22,23). The van der Waals surface area contributed by atoms with Crippen LogP contribution in [0.5, 0.6) is 0 Å². The Hall–Kier alpha value is -6.34. The molecule has 17 nitrogen and oxygen atoms in total. The molecule has 274 valence electrons. The van der Waals surface area contributed by atoms with E-state index in [2.05, 4.69) is 61.6 Å². The number of hydrogen-bond donors (Lipinski definition) is 7. The first kappa shape index (κ1) is 37.9. The van der Waals surface area contributed by atoms with Gasteiger partial charge in [-0.1, -0.05) is 42.3 Å². The predicted molar refractivity (Wildman–Crippen MR) is 188 cm³/mol. The average Bonchev–Trinajstić information content (AvgIpc) is 3.78. The Morgan fingerprint density at radius 2 is 1.17 bits per heavy atom. The Labute approximate surface area is 307 Å². The van der Waals surface area contributed by atoms with Crippen LogP contribution in [0.2, 0.25) is 10.0 Å². The molecular formula is C32H28Cl2F2N12O5. The molecular weight excluding hydrogens is 741 g/mol. The number of rotatable bonds is 13. The lowest BCUT2D eigenvalue weighted by Crippen LogP contribution is -2.24. The molecule has 6 aromatic rings. The molecule has 2 amide bonds. The van der Waals surface area contributed by atoms with E-state index >= 15 is 0 Å². The van der Waals surface area contributed by atoms with Crippen LogP contribution in [0.1, 0.15) is 45.4 Å². The summed E-state index contributed by atoms with van der Waals surface area (Å²) < 4.78 is 26.4. The van der Waals surface area contributed by atoms with Crippen LogP contribution in [0.3, 0.4) is 0 Å². The fourth-order valence-corrected chi connectivity index (χ4v) is 4.97. The fourth-order valence-electron chi connectivity index (χ4n) is 4.56. The molecule has 7 N–H and O–H groups in total. The number of nitrogens with one attached hydrogen (secondary N) is 6. The molecule has 0 saturated heterocycles. The van der Waals surface area contributed by atoms with Crippen molar-refractivity contribution in [2.45, 2.75) is 26.4 Å². The zero-order valence-corrected chi connectivity index (χ0v) is 28.9. The maximum absolute atomic E-state index is 13.2. The van der Waals surface area contributed by atoms with Crippen molar-refractivity contribution >= 4 is 80.5 Å². The SMILES string of the molecule is CCC(=O)CNc1n[nH]c2c(C(=O)NCc3ccc(F)c(Cl)c3)ncnc12.O=C(O)CNc1n[nH]c2c(C(=O)NCc3ccc(F)c(Cl)c3)ncnc12. The summed E-state index contributed by atoms with van der Waals surface area (Å²) in [6.07, 6.45) is 2.83. The summed E-state index contributed by atoms with van der Waals surface area (Å²) in [5.74, 6) is -2.50. The second-order valence-corrected chi connectivity index (χ2v) is 11.7. The number of anilines is 2. The van der Waals surface area contributed by atoms with Crippen molar-refractivity contribution in [1.29, 1.82) is 0 Å². The highest BCUT2D eigenvalue weighted by atomic mass is 35.5. The number of hydrogen-bond acceptors (Lipinski definition) is 12. The van der Waals surface area contributed by atoms with E-state index in [0.29, 0.717) is 34.4 Å². The lowest BCUT2D eigenvalue weighted by atomic mass is 10.2. The molecule has 0 aliphatic heterocycles. The van der Waals surface area contributed by atoms with Gasteiger partial charge in [0.2, 0.25) is 0 Å². The second kappa shape index (κ2) is 17.2. The van der Waals surface area contributed by atoms with Crippen LogP contribution in [0.25, 0.3) is 22.1 Å². The topological polar surface area (TPSA) is 246 Å². The molecule has 0 unspecified atom stereocenters. The van der Waals surface area contributed by atoms with Crippen molar-refractivity contribution in [3.63, 3.8) is 0 Å². The lowest BCUT2D eigenvalue weighted by Gasteiger charge is -2.06. The number of fused-ring (bicyclic) bond motifs is 2. The number of carbonyl (C=O) groups is 4. The van der Waals surface area contributed by atoms with E-state index < -0.39 is 29.4 Å². The number of nitrogens with zero attached hydrogens (tertiary/aromatic N) is 6. The Balaban J connectivity index is 0.000000204. The second-order valence-electron chi connectivity index (χ2n) is 10.9. The van der Waals surface area contributed by atoms with Gasteiger partial charge in [0.1, 0.15) is 52.9 Å². The molecule has 4 aromatic heterocycles. The number of Topliss-reactive ketones (excluding diaryl/α,β-unsaturated/α-hetero) is 1. The van der Waals surface area contributed by atoms with Crippen molar-refractivity contribution in [2.75, 3.05) is 23.7 Å². The number of H-pyrrole nitrogens is 2. The molecule has 21 heteroatoms. The van der Waals surface area contributed by atoms with Crippen LogP contribution >= 0.6 is 23.2 Å². The predicted octanol–water partition coefficient (Wildman–Crippen LogP) is 4.04. The van der Waals surface area contributed by atoms with Gasteiger partial charge in [-0.3, -0.25) is 29.4 Å². The molecule has 0 aliphatic carbocycles. The third-order valence-electron chi connectivity index (χ3n) is 7.26. The van der Waals surface area contributed by atoms with Crippen LogP contribution in [-0.4, -0.2) is 82.1 Å². The highest BCUT2D eigenvalue weighted by molar-refractivity contribution is 6.31. The molecule has 2 aromatic carbocycles. The first-order valence-electron chi connectivity index (χ1n) is 15.5. The van der Waals surface area contributed by atoms with Crippen molar-refractivity contribution in [3.05, 3.63) is 93.2 Å². The van der Waals surface area contributed by atoms with Gasteiger partial charge in [-0.25, -0.2) is 28.7 Å². The molecule has 0 fully saturated rings. The molecule has 0 bridgehead atoms. The average molecular weight is 770 g/mol. The Kier molecular flexibility index (Phi) is 12.3. The van der Waals surface area contributed by atoms with E-state index in [4.69, 9.17) is 28.3 Å². The monoisotopic (exact) mass is 768 g/mol. The summed E-state index contributed by atoms with van der Waals surface area (Å²) in [6, 6.07) is 8.33. The van der Waals surface area contributed by atoms with E-state index in [9.17, 15) is 28.0 Å². The molecule has 53 heavy (non-hydrogen) atoms. The van der Waals surface area contributed by atoms with Gasteiger partial charge in [-0.2, -0.15) is 10.2 Å². The van der Waals surface area contributed by atoms with Crippen LogP contribution < -0.4 is 21.3 Å². The maximum atomic E-state index is 13.2. The minimum atomic E-state index is -1.06. The summed E-state index contributed by atoms with van der Waals surface area (Å²) in [7, 11) is 0. The molecule has 0 saturated carbocycles. The molecule has 6 rings (SSSR count). The maximum Gasteiger partial charge on any atom is 0.322 e. The third-order valence-corrected chi connectivity index (χ3v) is 7.84. The Morgan fingerprint density at radius 3 is 1.58 bits per heavy atom. The van der Waals surface area contributed by atoms with E-state index in [0.717, 1.165) is 0 Å². The van der Waals surface area contributed by atoms with Gasteiger partial charge in [0.15, 0.2) is 28.8 Å². The highest BCUT2D eigenvalue weighted by Crippen LogP contribution is 2.22. The van der Waals surface area contributed by atoms with E-state index in [1.165, 1.54) is 49.1 Å². The molecule has 4 heterocycles. The minimum absolute atomic E-state index is 0.0166. The summed E-state index contributed by atoms with van der Waals surface area (Å²) in [4.78, 5) is 63.0. The molecule has 0 spiro atoms. The van der Waals surface area contributed by atoms with Crippen molar-refractivity contribution in [1.82, 2.24) is 51.0 Å². The smallest absolute Gasteiger partial charge is 0.322 e. The number of benzene rings is 2. The zero-order chi connectivity index (χ0) is 38.1. The zero-order valence-electron chi connectivity index (χ0n) is 27.4. The quantitative estimate of drug-likeness (QED) is 0.0878. The number of ketones is 1. The van der Waals surface area contributed by atoms with Crippen molar-refractivity contribution < 1.29 is 33.1 Å². The van der Waals surface area contributed by atoms with Crippen molar-refractivity contribution in [3.8, 4) is 0 Å². The summed E-state index contributed by atoms with van der Waals surface area (Å²) >= 11 is 11.4. The first-order chi connectivity index (χ1) is 25.4. The first-order valence-corrected chi connectivity index (χ1v) is 16.2. The summed E-state index contributed by atoms with van der Waals surface area (Å²) in [5.41, 5.74) is 2.71. The van der Waals surface area contributed by atoms with E-state index in [-0.39, 0.29) is 70.2 Å². The van der Waals surface area contributed by atoms with E-state index in [1.54, 1.807) is 6.92 Å². The highest BCUT2D eigenvalue weighted by Gasteiger charge is 2.19. The number of carboxylic acid groups (broad SMARTS) is 1. The van der Waals surface area contributed by atoms with Crippen LogP contribution in [-0.2, 0) is 22.7 Å². The summed E-state index contributed by atoms with van der Waals surface area (Å²) in [6.45, 7) is 1.80. The molecule has 0 aliphatic rings. The van der Waals surface area contributed by atoms with Crippen LogP contribution in [0.4, 0.5) is 20.4 Å². The van der Waals surface area contributed by atoms with Gasteiger partial charge in [-0.15, -0.1) is 0 Å². The largest absolute Gasteiger partial charge is 0.480 e. The number of carboxylic acids is 1. The fraction of sp³-hybridized carbons (Fsp3) is 0.188. The van der Waals surface area contributed by atoms with E-state index in [1.807, 2.05) is 0 Å². The van der Waals surface area contributed by atoms with Gasteiger partial charge in [0.25, 0.3) is 11.8 Å². The number of aliphatic carboxylic acids is 1. The normalized spacial score (nSPS) is 10.7. The van der Waals surface area contributed by atoms with Gasteiger partial charge < -0.3 is 26.4 Å². The molecule has 0 atom stereocenters. The third kappa shape index (κ3) is 9.51. The number of aromatic nitrogens is 8.